The third kappa shape index (κ3) is 5.47. The van der Waals surface area contributed by atoms with Gasteiger partial charge in [-0.15, -0.1) is 15.3 Å². The average Bonchev–Trinajstić information content (AvgIpc) is 3.76. The second-order valence-corrected chi connectivity index (χ2v) is 11.8. The van der Waals surface area contributed by atoms with Crippen molar-refractivity contribution in [3.05, 3.63) is 97.6 Å². The number of H-pyrrole nitrogens is 1. The van der Waals surface area contributed by atoms with E-state index in [0.717, 1.165) is 35.1 Å². The second kappa shape index (κ2) is 11.5. The Hall–Kier alpha value is -3.93. The van der Waals surface area contributed by atoms with Gasteiger partial charge in [0.15, 0.2) is 12.1 Å². The van der Waals surface area contributed by atoms with E-state index in [0.29, 0.717) is 11.4 Å². The van der Waals surface area contributed by atoms with Crippen LogP contribution < -0.4 is 4.87 Å². The van der Waals surface area contributed by atoms with Gasteiger partial charge in [-0.25, -0.2) is 4.68 Å². The molecule has 2 N–H and O–H groups in total. The number of benzene rings is 2. The lowest BCUT2D eigenvalue weighted by molar-refractivity contribution is -0.319. The maximum absolute atomic E-state index is 14.1. The SMILES string of the molecule is Cc1nnc([C@@H]2OC3COC(c4ccccc4)O[C@@H]3[C@H](n3cc(-c4csc(=O)[nH]4)nn3)C2O)n1-c1cc(Cl)ccc1C(F)(F)F. The van der Waals surface area contributed by atoms with Crippen molar-refractivity contribution in [2.45, 2.75) is 49.8 Å². The van der Waals surface area contributed by atoms with E-state index in [-0.39, 0.29) is 33.8 Å². The van der Waals surface area contributed by atoms with Crippen LogP contribution in [0.3, 0.4) is 0 Å². The van der Waals surface area contributed by atoms with E-state index in [2.05, 4.69) is 25.5 Å². The predicted molar refractivity (Wildman–Crippen MR) is 153 cm³/mol. The quantitative estimate of drug-likeness (QED) is 0.280. The van der Waals surface area contributed by atoms with Gasteiger partial charge in [-0.3, -0.25) is 9.36 Å². The molecule has 0 radical (unpaired) electrons. The number of thiazole rings is 1. The molecule has 0 saturated carbocycles. The van der Waals surface area contributed by atoms with E-state index in [4.69, 9.17) is 25.8 Å². The number of hydrogen-bond acceptors (Lipinski definition) is 10. The number of fused-ring (bicyclic) bond motifs is 1. The Balaban J connectivity index is 1.32. The normalized spacial score (nSPS) is 25.3. The van der Waals surface area contributed by atoms with Gasteiger partial charge < -0.3 is 24.3 Å². The van der Waals surface area contributed by atoms with Crippen LogP contribution in [0.1, 0.15) is 41.2 Å². The van der Waals surface area contributed by atoms with Crippen molar-refractivity contribution in [3.8, 4) is 17.1 Å². The molecule has 0 amide bonds. The molecule has 5 aromatic rings. The minimum atomic E-state index is -4.73. The number of halogens is 4. The van der Waals surface area contributed by atoms with Gasteiger partial charge in [-0.2, -0.15) is 13.2 Å². The van der Waals surface area contributed by atoms with Crippen molar-refractivity contribution in [1.82, 2.24) is 34.7 Å². The maximum atomic E-state index is 14.1. The molecule has 0 bridgehead atoms. The number of alkyl halides is 3. The summed E-state index contributed by atoms with van der Waals surface area (Å²) in [6.07, 6.45) is -8.45. The minimum Gasteiger partial charge on any atom is -0.388 e. The summed E-state index contributed by atoms with van der Waals surface area (Å²) in [5.41, 5.74) is 0.192. The Morgan fingerprint density at radius 2 is 1.91 bits per heavy atom. The van der Waals surface area contributed by atoms with Gasteiger partial charge in [0.1, 0.15) is 42.0 Å². The number of hydrogen-bond donors (Lipinski definition) is 2. The Morgan fingerprint density at radius 1 is 1.11 bits per heavy atom. The molecule has 2 saturated heterocycles. The summed E-state index contributed by atoms with van der Waals surface area (Å²) in [7, 11) is 0. The van der Waals surface area contributed by atoms with Crippen LogP contribution in [0.15, 0.2) is 64.9 Å². The van der Waals surface area contributed by atoms with E-state index < -0.39 is 48.5 Å². The zero-order valence-corrected chi connectivity index (χ0v) is 24.7. The number of aromatic nitrogens is 7. The lowest BCUT2D eigenvalue weighted by Crippen LogP contribution is -2.57. The lowest BCUT2D eigenvalue weighted by Gasteiger charge is -2.47. The van der Waals surface area contributed by atoms with Crippen LogP contribution in [-0.4, -0.2) is 64.8 Å². The van der Waals surface area contributed by atoms with Crippen LogP contribution in [0, 0.1) is 6.92 Å². The Bertz CT molecular complexity index is 1890. The van der Waals surface area contributed by atoms with Gasteiger partial charge in [-0.1, -0.05) is 58.5 Å². The molecule has 2 aliphatic rings. The predicted octanol–water partition coefficient (Wildman–Crippen LogP) is 4.41. The van der Waals surface area contributed by atoms with Crippen molar-refractivity contribution in [2.24, 2.45) is 0 Å². The fraction of sp³-hybridized carbons (Fsp3) is 0.321. The lowest BCUT2D eigenvalue weighted by atomic mass is 9.91. The largest absolute Gasteiger partial charge is 0.418 e. The molecule has 2 aliphatic heterocycles. The fourth-order valence-corrected chi connectivity index (χ4v) is 6.39. The van der Waals surface area contributed by atoms with Crippen molar-refractivity contribution < 1.29 is 32.5 Å². The molecule has 45 heavy (non-hydrogen) atoms. The van der Waals surface area contributed by atoms with Crippen molar-refractivity contribution >= 4 is 22.9 Å². The molecule has 7 rings (SSSR count). The van der Waals surface area contributed by atoms with Crippen LogP contribution in [0.25, 0.3) is 17.1 Å². The molecule has 0 aliphatic carbocycles. The monoisotopic (exact) mass is 661 g/mol. The number of aryl methyl sites for hydroxylation is 1. The van der Waals surface area contributed by atoms with E-state index in [9.17, 15) is 23.1 Å². The van der Waals surface area contributed by atoms with E-state index >= 15 is 0 Å². The molecule has 234 valence electrons. The first kappa shape index (κ1) is 29.8. The van der Waals surface area contributed by atoms with Crippen LogP contribution >= 0.6 is 22.9 Å². The molecule has 2 fully saturated rings. The topological polar surface area (TPSA) is 142 Å². The summed E-state index contributed by atoms with van der Waals surface area (Å²) in [4.78, 5) is 14.2. The average molecular weight is 662 g/mol. The third-order valence-corrected chi connectivity index (χ3v) is 8.58. The van der Waals surface area contributed by atoms with Gasteiger partial charge in [0.05, 0.1) is 29.7 Å². The zero-order valence-electron chi connectivity index (χ0n) is 23.1. The number of aliphatic hydroxyl groups is 1. The van der Waals surface area contributed by atoms with Crippen LogP contribution in [-0.2, 0) is 20.4 Å². The molecule has 2 aromatic carbocycles. The fourth-order valence-electron chi connectivity index (χ4n) is 5.65. The van der Waals surface area contributed by atoms with E-state index in [1.54, 1.807) is 5.38 Å². The molecular formula is C28H23ClF3N7O5S. The van der Waals surface area contributed by atoms with Crippen molar-refractivity contribution in [3.63, 3.8) is 0 Å². The Kier molecular flexibility index (Phi) is 7.58. The zero-order chi connectivity index (χ0) is 31.5. The highest BCUT2D eigenvalue weighted by Gasteiger charge is 2.53. The molecule has 12 nitrogen and oxygen atoms in total. The summed E-state index contributed by atoms with van der Waals surface area (Å²) in [5, 5.41) is 30.2. The summed E-state index contributed by atoms with van der Waals surface area (Å²) >= 11 is 7.10. The highest BCUT2D eigenvalue weighted by Crippen LogP contribution is 2.45. The molecule has 3 aromatic heterocycles. The highest BCUT2D eigenvalue weighted by atomic mass is 35.5. The van der Waals surface area contributed by atoms with Crippen molar-refractivity contribution in [2.75, 3.05) is 6.61 Å². The van der Waals surface area contributed by atoms with Gasteiger partial charge in [0.2, 0.25) is 0 Å². The standard InChI is InChI=1S/C28H23ClF3N7O5S/c1-13-34-36-25(39(13)19-9-15(29)7-8-16(19)28(30,31)32)24-22(40)21(38-10-17(35-37-38)18-12-45-27(41)33-18)23-20(43-24)11-42-26(44-23)14-5-3-2-4-6-14/h2-10,12,20-24,26,40H,11H2,1H3,(H,33,41)/t20?,21-,22?,23+,24-,26?/m1/s1. The van der Waals surface area contributed by atoms with E-state index in [1.165, 1.54) is 22.4 Å². The summed E-state index contributed by atoms with van der Waals surface area (Å²) in [6, 6.07) is 11.4. The molecule has 3 unspecified atom stereocenters. The molecular weight excluding hydrogens is 639 g/mol. The number of rotatable bonds is 5. The van der Waals surface area contributed by atoms with Gasteiger partial charge in [0, 0.05) is 16.0 Å². The first-order valence-electron chi connectivity index (χ1n) is 13.6. The Labute approximate surface area is 261 Å². The van der Waals surface area contributed by atoms with E-state index in [1.807, 2.05) is 30.3 Å². The van der Waals surface area contributed by atoms with Crippen LogP contribution in [0.4, 0.5) is 13.2 Å². The molecule has 6 atom stereocenters. The number of aromatic amines is 1. The summed E-state index contributed by atoms with van der Waals surface area (Å²) in [5.74, 6) is 0.0147. The smallest absolute Gasteiger partial charge is 0.388 e. The number of nitrogens with one attached hydrogen (secondary N) is 1. The van der Waals surface area contributed by atoms with Crippen LogP contribution in [0.2, 0.25) is 5.02 Å². The minimum absolute atomic E-state index is 0.0153. The molecule has 0 spiro atoms. The molecule has 5 heterocycles. The summed E-state index contributed by atoms with van der Waals surface area (Å²) in [6.45, 7) is 1.50. The van der Waals surface area contributed by atoms with Gasteiger partial charge >= 0.3 is 11.0 Å². The second-order valence-electron chi connectivity index (χ2n) is 10.5. The number of ether oxygens (including phenoxy) is 3. The highest BCUT2D eigenvalue weighted by molar-refractivity contribution is 7.07. The third-order valence-electron chi connectivity index (χ3n) is 7.67. The molecule has 17 heteroatoms. The first-order chi connectivity index (χ1) is 21.6. The Morgan fingerprint density at radius 3 is 2.64 bits per heavy atom. The van der Waals surface area contributed by atoms with Crippen LogP contribution in [0.5, 0.6) is 0 Å². The van der Waals surface area contributed by atoms with Gasteiger partial charge in [0.25, 0.3) is 0 Å². The maximum Gasteiger partial charge on any atom is 0.418 e. The summed E-state index contributed by atoms with van der Waals surface area (Å²) < 4.78 is 63.6. The number of aliphatic hydroxyl groups excluding tert-OH is 1. The number of nitrogens with zero attached hydrogens (tertiary/aromatic N) is 6. The van der Waals surface area contributed by atoms with Gasteiger partial charge in [-0.05, 0) is 25.1 Å². The first-order valence-corrected chi connectivity index (χ1v) is 14.9. The van der Waals surface area contributed by atoms with Crippen molar-refractivity contribution in [1.29, 1.82) is 0 Å².